The molecule has 0 aliphatic rings. The van der Waals surface area contributed by atoms with Crippen molar-refractivity contribution in [3.8, 4) is 39.6 Å². The Labute approximate surface area is 254 Å². The summed E-state index contributed by atoms with van der Waals surface area (Å²) in [7, 11) is -0.101. The maximum absolute atomic E-state index is 14.8. The minimum Gasteiger partial charge on any atom is -0.305 e. The smallest absolute Gasteiger partial charge is 0.268 e. The first kappa shape index (κ1) is 28.6. The number of hydrogen-bond acceptors (Lipinski definition) is 5. The molecule has 0 bridgehead atoms. The summed E-state index contributed by atoms with van der Waals surface area (Å²) in [5, 5.41) is 12.2. The first-order valence-corrected chi connectivity index (χ1v) is 16.0. The Kier molecular flexibility index (Phi) is 7.49. The van der Waals surface area contributed by atoms with Gasteiger partial charge in [-0.05, 0) is 85.6 Å². The minimum atomic E-state index is -4.15. The van der Waals surface area contributed by atoms with Crippen molar-refractivity contribution in [2.45, 2.75) is 18.4 Å². The molecule has 0 aliphatic heterocycles. The Balaban J connectivity index is 1.67. The van der Waals surface area contributed by atoms with E-state index in [0.29, 0.717) is 38.2 Å². The van der Waals surface area contributed by atoms with Gasteiger partial charge in [0, 0.05) is 28.6 Å². The second-order valence-corrected chi connectivity index (χ2v) is 13.5. The van der Waals surface area contributed by atoms with Crippen LogP contribution in [0.5, 0.6) is 0 Å². The second kappa shape index (κ2) is 11.3. The largest absolute Gasteiger partial charge is 0.305 e. The van der Waals surface area contributed by atoms with Gasteiger partial charge in [-0.2, -0.15) is 5.26 Å². The molecule has 0 radical (unpaired) electrons. The summed E-state index contributed by atoms with van der Waals surface area (Å²) in [6.07, 6.45) is 0. The van der Waals surface area contributed by atoms with Crippen molar-refractivity contribution in [1.29, 1.82) is 5.26 Å². The van der Waals surface area contributed by atoms with Crippen molar-refractivity contribution < 1.29 is 12.8 Å². The fourth-order valence-electron chi connectivity index (χ4n) is 5.44. The first-order chi connectivity index (χ1) is 20.7. The minimum absolute atomic E-state index is 0.116. The van der Waals surface area contributed by atoms with E-state index in [4.69, 9.17) is 0 Å². The highest BCUT2D eigenvalue weighted by molar-refractivity contribution is 7.90. The van der Waals surface area contributed by atoms with Gasteiger partial charge in [-0.15, -0.1) is 11.3 Å². The van der Waals surface area contributed by atoms with Gasteiger partial charge in [0.25, 0.3) is 10.0 Å². The molecule has 0 spiro atoms. The zero-order valence-electron chi connectivity index (χ0n) is 23.9. The highest BCUT2D eigenvalue weighted by Gasteiger charge is 2.30. The van der Waals surface area contributed by atoms with E-state index in [1.165, 1.54) is 39.1 Å². The number of aromatic nitrogens is 1. The van der Waals surface area contributed by atoms with E-state index in [9.17, 15) is 18.1 Å². The Morgan fingerprint density at radius 3 is 2.30 bits per heavy atom. The van der Waals surface area contributed by atoms with Crippen LogP contribution in [-0.2, 0) is 16.6 Å². The van der Waals surface area contributed by atoms with Crippen molar-refractivity contribution in [2.24, 2.45) is 0 Å². The summed E-state index contributed by atoms with van der Waals surface area (Å²) in [5.74, 6) is -0.495. The molecule has 6 aromatic rings. The van der Waals surface area contributed by atoms with Crippen molar-refractivity contribution in [3.05, 3.63) is 124 Å². The van der Waals surface area contributed by atoms with Gasteiger partial charge in [0.05, 0.1) is 16.1 Å². The molecule has 0 N–H and O–H groups in total. The van der Waals surface area contributed by atoms with Crippen LogP contribution in [0.3, 0.4) is 0 Å². The molecule has 4 aromatic carbocycles. The molecule has 0 fully saturated rings. The standard InChI is InChI=1S/C35H28FN3O2S2/c1-23-7-14-29(15-8-23)43(40,41)39-32-16-13-28(36)20-31(32)34(30-17-18-42-33(30)21-37)35(39)27-6-4-5-26(19-27)25-11-9-24(10-12-25)22-38(2)3/h4-20H,22H2,1-3H3. The summed E-state index contributed by atoms with van der Waals surface area (Å²) in [5.41, 5.74) is 6.40. The lowest BCUT2D eigenvalue weighted by atomic mass is 9.96. The van der Waals surface area contributed by atoms with Crippen LogP contribution in [0.2, 0.25) is 0 Å². The lowest BCUT2D eigenvalue weighted by Crippen LogP contribution is -2.14. The van der Waals surface area contributed by atoms with Gasteiger partial charge in [-0.25, -0.2) is 16.8 Å². The Bertz CT molecular complexity index is 2120. The Morgan fingerprint density at radius 2 is 1.60 bits per heavy atom. The predicted molar refractivity (Wildman–Crippen MR) is 172 cm³/mol. The van der Waals surface area contributed by atoms with E-state index in [0.717, 1.165) is 23.2 Å². The molecule has 5 nitrogen and oxygen atoms in total. The zero-order valence-corrected chi connectivity index (χ0v) is 25.5. The second-order valence-electron chi connectivity index (χ2n) is 10.8. The third kappa shape index (κ3) is 5.28. The van der Waals surface area contributed by atoms with E-state index in [1.54, 1.807) is 35.7 Å². The molecule has 8 heteroatoms. The van der Waals surface area contributed by atoms with Gasteiger partial charge in [0.1, 0.15) is 16.8 Å². The van der Waals surface area contributed by atoms with Crippen LogP contribution in [0.1, 0.15) is 16.0 Å². The molecule has 214 valence electrons. The first-order valence-electron chi connectivity index (χ1n) is 13.7. The highest BCUT2D eigenvalue weighted by Crippen LogP contribution is 2.45. The molecule has 0 aliphatic carbocycles. The number of fused-ring (bicyclic) bond motifs is 1. The summed E-state index contributed by atoms with van der Waals surface area (Å²) >= 11 is 1.26. The molecule has 0 atom stereocenters. The van der Waals surface area contributed by atoms with Crippen LogP contribution in [0, 0.1) is 24.1 Å². The average Bonchev–Trinajstić information content (AvgIpc) is 3.59. The number of hydrogen-bond donors (Lipinski definition) is 0. The fraction of sp³-hybridized carbons (Fsp3) is 0.114. The molecule has 6 rings (SSSR count). The Hall–Kier alpha value is -4.55. The molecular formula is C35H28FN3O2S2. The van der Waals surface area contributed by atoms with Crippen LogP contribution >= 0.6 is 11.3 Å². The fourth-order valence-corrected chi connectivity index (χ4v) is 7.68. The molecule has 43 heavy (non-hydrogen) atoms. The zero-order chi connectivity index (χ0) is 30.3. The maximum atomic E-state index is 14.8. The third-order valence-electron chi connectivity index (χ3n) is 7.40. The highest BCUT2D eigenvalue weighted by atomic mass is 32.2. The van der Waals surface area contributed by atoms with E-state index in [1.807, 2.05) is 45.3 Å². The van der Waals surface area contributed by atoms with E-state index < -0.39 is 15.8 Å². The predicted octanol–water partition coefficient (Wildman–Crippen LogP) is 8.32. The van der Waals surface area contributed by atoms with Crippen LogP contribution in [0.15, 0.2) is 107 Å². The van der Waals surface area contributed by atoms with E-state index in [-0.39, 0.29) is 4.90 Å². The van der Waals surface area contributed by atoms with Crippen LogP contribution < -0.4 is 0 Å². The number of benzene rings is 4. The van der Waals surface area contributed by atoms with Gasteiger partial charge < -0.3 is 4.90 Å². The molecule has 0 saturated heterocycles. The summed E-state index contributed by atoms with van der Waals surface area (Å²) in [4.78, 5) is 2.64. The van der Waals surface area contributed by atoms with E-state index >= 15 is 0 Å². The summed E-state index contributed by atoms with van der Waals surface area (Å²) < 4.78 is 45.0. The Morgan fingerprint density at radius 1 is 0.884 bits per heavy atom. The molecule has 0 amide bonds. The van der Waals surface area contributed by atoms with Crippen LogP contribution in [0.4, 0.5) is 4.39 Å². The monoisotopic (exact) mass is 605 g/mol. The number of nitriles is 1. The van der Waals surface area contributed by atoms with Crippen molar-refractivity contribution in [3.63, 3.8) is 0 Å². The van der Waals surface area contributed by atoms with Crippen molar-refractivity contribution >= 4 is 32.3 Å². The SMILES string of the molecule is Cc1ccc(S(=O)(=O)n2c(-c3cccc(-c4ccc(CN(C)C)cc4)c3)c(-c3ccsc3C#N)c3cc(F)ccc32)cc1. The normalized spacial score (nSPS) is 11.7. The number of halogens is 1. The van der Waals surface area contributed by atoms with Crippen LogP contribution in [0.25, 0.3) is 44.4 Å². The van der Waals surface area contributed by atoms with Crippen molar-refractivity contribution in [2.75, 3.05) is 14.1 Å². The quantitative estimate of drug-likeness (QED) is 0.184. The topological polar surface area (TPSA) is 66.1 Å². The summed E-state index contributed by atoms with van der Waals surface area (Å²) in [6, 6.07) is 30.8. The molecular weight excluding hydrogens is 578 g/mol. The average molecular weight is 606 g/mol. The van der Waals surface area contributed by atoms with Gasteiger partial charge in [-0.1, -0.05) is 60.2 Å². The molecule has 2 aromatic heterocycles. The molecule has 2 heterocycles. The van der Waals surface area contributed by atoms with Crippen molar-refractivity contribution in [1.82, 2.24) is 8.87 Å². The number of rotatable bonds is 7. The van der Waals surface area contributed by atoms with Gasteiger partial charge in [-0.3, -0.25) is 0 Å². The van der Waals surface area contributed by atoms with Gasteiger partial charge >= 0.3 is 0 Å². The lowest BCUT2D eigenvalue weighted by Gasteiger charge is -2.15. The van der Waals surface area contributed by atoms with E-state index in [2.05, 4.69) is 35.2 Å². The maximum Gasteiger partial charge on any atom is 0.268 e. The summed E-state index contributed by atoms with van der Waals surface area (Å²) in [6.45, 7) is 2.71. The van der Waals surface area contributed by atoms with Gasteiger partial charge in [0.15, 0.2) is 0 Å². The van der Waals surface area contributed by atoms with Gasteiger partial charge in [0.2, 0.25) is 0 Å². The number of nitrogens with zero attached hydrogens (tertiary/aromatic N) is 3. The van der Waals surface area contributed by atoms with Crippen LogP contribution in [-0.4, -0.2) is 31.4 Å². The lowest BCUT2D eigenvalue weighted by molar-refractivity contribution is 0.402. The third-order valence-corrected chi connectivity index (χ3v) is 9.95. The number of thiophene rings is 1. The number of aryl methyl sites for hydroxylation is 1. The molecule has 0 unspecified atom stereocenters. The molecule has 0 saturated carbocycles.